The van der Waals surface area contributed by atoms with Gasteiger partial charge in [0, 0.05) is 12.6 Å². The molecule has 1 N–H and O–H groups in total. The summed E-state index contributed by atoms with van der Waals surface area (Å²) in [6, 6.07) is 17.8. The molecule has 45 heavy (non-hydrogen) atoms. The molecule has 3 aromatic rings. The third-order valence-electron chi connectivity index (χ3n) is 7.97. The molecule has 0 aromatic heterocycles. The summed E-state index contributed by atoms with van der Waals surface area (Å²) in [5.41, 5.74) is -0.722. The summed E-state index contributed by atoms with van der Waals surface area (Å²) in [6.07, 6.45) is 0.552. The highest BCUT2D eigenvalue weighted by atomic mass is 35.5. The summed E-state index contributed by atoms with van der Waals surface area (Å²) in [4.78, 5) is 28.9. The van der Waals surface area contributed by atoms with Crippen molar-refractivity contribution in [3.05, 3.63) is 95.0 Å². The molecule has 1 atom stereocenters. The second-order valence-electron chi connectivity index (χ2n) is 11.1. The molecule has 1 fully saturated rings. The van der Waals surface area contributed by atoms with Crippen LogP contribution in [-0.4, -0.2) is 50.3 Å². The number of sulfonamides is 1. The summed E-state index contributed by atoms with van der Waals surface area (Å²) in [5.74, 6) is -1.09. The van der Waals surface area contributed by atoms with Gasteiger partial charge < -0.3 is 10.2 Å². The van der Waals surface area contributed by atoms with Gasteiger partial charge in [-0.05, 0) is 61.6 Å². The van der Waals surface area contributed by atoms with Crippen LogP contribution in [0.5, 0.6) is 0 Å². The van der Waals surface area contributed by atoms with Gasteiger partial charge in [-0.15, -0.1) is 0 Å². The monoisotopic (exact) mass is 663 g/mol. The number of halogens is 4. The van der Waals surface area contributed by atoms with E-state index in [9.17, 15) is 31.2 Å². The van der Waals surface area contributed by atoms with Gasteiger partial charge in [-0.3, -0.25) is 13.9 Å². The van der Waals surface area contributed by atoms with Crippen molar-refractivity contribution >= 4 is 39.1 Å². The molecule has 2 amide bonds. The summed E-state index contributed by atoms with van der Waals surface area (Å²) in [6.45, 7) is 0.964. The number of hydrogen-bond acceptors (Lipinski definition) is 4. The maximum absolute atomic E-state index is 14.2. The zero-order valence-corrected chi connectivity index (χ0v) is 26.5. The molecule has 0 spiro atoms. The molecule has 3 aromatic carbocycles. The number of carbonyl (C=O) groups is 2. The van der Waals surface area contributed by atoms with Gasteiger partial charge in [0.05, 0.1) is 21.2 Å². The smallest absolute Gasteiger partial charge is 0.352 e. The van der Waals surface area contributed by atoms with Crippen molar-refractivity contribution in [3.8, 4) is 0 Å². The Morgan fingerprint density at radius 2 is 1.58 bits per heavy atom. The Morgan fingerprint density at radius 3 is 2.18 bits per heavy atom. The van der Waals surface area contributed by atoms with E-state index < -0.39 is 45.9 Å². The first-order valence-corrected chi connectivity index (χ1v) is 16.8. The Balaban J connectivity index is 1.74. The van der Waals surface area contributed by atoms with E-state index in [-0.39, 0.29) is 34.8 Å². The number of hydrogen-bond donors (Lipinski definition) is 1. The second-order valence-corrected chi connectivity index (χ2v) is 13.3. The maximum atomic E-state index is 14.2. The van der Waals surface area contributed by atoms with Crippen LogP contribution in [0, 0.1) is 0 Å². The lowest BCUT2D eigenvalue weighted by Gasteiger charge is -2.34. The second kappa shape index (κ2) is 15.1. The third-order valence-corrected chi connectivity index (χ3v) is 10.1. The van der Waals surface area contributed by atoms with Gasteiger partial charge in [0.15, 0.2) is 0 Å². The van der Waals surface area contributed by atoms with Crippen LogP contribution in [0.25, 0.3) is 0 Å². The first-order valence-electron chi connectivity index (χ1n) is 15.0. The van der Waals surface area contributed by atoms with Crippen molar-refractivity contribution in [1.82, 2.24) is 10.2 Å². The lowest BCUT2D eigenvalue weighted by molar-refractivity contribution is -0.140. The fourth-order valence-corrected chi connectivity index (χ4v) is 7.27. The van der Waals surface area contributed by atoms with Crippen LogP contribution >= 0.6 is 11.6 Å². The fraction of sp³-hybridized carbons (Fsp3) is 0.394. The number of benzene rings is 3. The average molecular weight is 664 g/mol. The molecule has 0 bridgehead atoms. The molecule has 1 aliphatic carbocycles. The molecule has 12 heteroatoms. The van der Waals surface area contributed by atoms with Crippen LogP contribution in [0.15, 0.2) is 83.8 Å². The molecule has 0 unspecified atom stereocenters. The van der Waals surface area contributed by atoms with Crippen LogP contribution in [-0.2, 0) is 32.2 Å². The van der Waals surface area contributed by atoms with Crippen molar-refractivity contribution < 1.29 is 31.2 Å². The topological polar surface area (TPSA) is 86.8 Å². The van der Waals surface area contributed by atoms with Gasteiger partial charge in [0.2, 0.25) is 11.8 Å². The predicted molar refractivity (Wildman–Crippen MR) is 168 cm³/mol. The minimum atomic E-state index is -4.79. The molecule has 0 heterocycles. The van der Waals surface area contributed by atoms with Gasteiger partial charge in [0.1, 0.15) is 12.6 Å². The predicted octanol–water partition coefficient (Wildman–Crippen LogP) is 6.85. The lowest BCUT2D eigenvalue weighted by atomic mass is 9.95. The molecule has 1 aliphatic rings. The number of carbonyl (C=O) groups excluding carboxylic acids is 2. The maximum Gasteiger partial charge on any atom is 0.416 e. The SMILES string of the molecule is CC[C@@H](C(=O)NC1CCCCC1)N(CCc1ccccc1)C(=O)CN(c1cc(C(F)(F)F)ccc1Cl)S(=O)(=O)c1ccccc1. The highest BCUT2D eigenvalue weighted by molar-refractivity contribution is 7.92. The number of alkyl halides is 3. The van der Waals surface area contributed by atoms with Crippen LogP contribution in [0.2, 0.25) is 5.02 Å². The Labute approximate surface area is 267 Å². The molecule has 242 valence electrons. The van der Waals surface area contributed by atoms with E-state index in [1.165, 1.54) is 29.2 Å². The summed E-state index contributed by atoms with van der Waals surface area (Å²) in [5, 5.41) is 2.78. The van der Waals surface area contributed by atoms with E-state index in [1.807, 2.05) is 30.3 Å². The summed E-state index contributed by atoms with van der Waals surface area (Å²) >= 11 is 6.33. The number of anilines is 1. The molecular weight excluding hydrogens is 627 g/mol. The van der Waals surface area contributed by atoms with Crippen molar-refractivity contribution in [1.29, 1.82) is 0 Å². The molecule has 0 aliphatic heterocycles. The zero-order valence-electron chi connectivity index (χ0n) is 25.0. The van der Waals surface area contributed by atoms with E-state index >= 15 is 0 Å². The Hall–Kier alpha value is -3.57. The number of rotatable bonds is 12. The van der Waals surface area contributed by atoms with E-state index in [4.69, 9.17) is 11.6 Å². The van der Waals surface area contributed by atoms with Crippen LogP contribution in [0.1, 0.15) is 56.6 Å². The number of nitrogens with one attached hydrogen (secondary N) is 1. The van der Waals surface area contributed by atoms with Gasteiger partial charge >= 0.3 is 6.18 Å². The molecule has 0 saturated heterocycles. The average Bonchev–Trinajstić information content (AvgIpc) is 3.03. The van der Waals surface area contributed by atoms with Crippen molar-refractivity contribution in [2.24, 2.45) is 0 Å². The Kier molecular flexibility index (Phi) is 11.5. The Bertz CT molecular complexity index is 1550. The van der Waals surface area contributed by atoms with Gasteiger partial charge in [-0.1, -0.05) is 86.3 Å². The standard InChI is InChI=1S/C33H37ClF3N3O4S/c1-2-29(32(42)38-26-14-8-4-9-15-26)39(21-20-24-12-6-3-7-13-24)31(41)23-40(45(43,44)27-16-10-5-11-17-27)30-22-25(33(35,36)37)18-19-28(30)34/h3,5-7,10-13,16-19,22,26,29H,2,4,8-9,14-15,20-21,23H2,1H3,(H,38,42)/t29-/m0/s1. The van der Waals surface area contributed by atoms with Crippen molar-refractivity contribution in [2.45, 2.75) is 75.0 Å². The van der Waals surface area contributed by atoms with Crippen LogP contribution in [0.3, 0.4) is 0 Å². The molecule has 0 radical (unpaired) electrons. The van der Waals surface area contributed by atoms with Crippen molar-refractivity contribution in [3.63, 3.8) is 0 Å². The Morgan fingerprint density at radius 1 is 0.956 bits per heavy atom. The first-order chi connectivity index (χ1) is 21.4. The minimum Gasteiger partial charge on any atom is -0.352 e. The molecular formula is C33H37ClF3N3O4S. The zero-order chi connectivity index (χ0) is 32.6. The fourth-order valence-electron chi connectivity index (χ4n) is 5.55. The highest BCUT2D eigenvalue weighted by Gasteiger charge is 2.37. The van der Waals surface area contributed by atoms with Crippen LogP contribution in [0.4, 0.5) is 18.9 Å². The number of nitrogens with zero attached hydrogens (tertiary/aromatic N) is 2. The lowest BCUT2D eigenvalue weighted by Crippen LogP contribution is -2.54. The molecule has 4 rings (SSSR count). The first kappa shape index (κ1) is 34.3. The third kappa shape index (κ3) is 8.79. The van der Waals surface area contributed by atoms with Gasteiger partial charge in [-0.25, -0.2) is 8.42 Å². The van der Waals surface area contributed by atoms with E-state index in [2.05, 4.69) is 5.32 Å². The minimum absolute atomic E-state index is 0.0229. The van der Waals surface area contributed by atoms with E-state index in [1.54, 1.807) is 13.0 Å². The summed E-state index contributed by atoms with van der Waals surface area (Å²) in [7, 11) is -4.58. The highest BCUT2D eigenvalue weighted by Crippen LogP contribution is 2.37. The number of amides is 2. The largest absolute Gasteiger partial charge is 0.416 e. The summed E-state index contributed by atoms with van der Waals surface area (Å²) < 4.78 is 69.7. The van der Waals surface area contributed by atoms with Gasteiger partial charge in [0.25, 0.3) is 10.0 Å². The van der Waals surface area contributed by atoms with Crippen LogP contribution < -0.4 is 9.62 Å². The normalized spacial score (nSPS) is 14.9. The molecule has 7 nitrogen and oxygen atoms in total. The quantitative estimate of drug-likeness (QED) is 0.230. The van der Waals surface area contributed by atoms with E-state index in [0.717, 1.165) is 49.8 Å². The van der Waals surface area contributed by atoms with E-state index in [0.29, 0.717) is 16.8 Å². The molecule has 1 saturated carbocycles. The van der Waals surface area contributed by atoms with Gasteiger partial charge in [-0.2, -0.15) is 13.2 Å². The van der Waals surface area contributed by atoms with Crippen molar-refractivity contribution in [2.75, 3.05) is 17.4 Å².